The lowest BCUT2D eigenvalue weighted by Gasteiger charge is -2.19. The van der Waals surface area contributed by atoms with Crippen molar-refractivity contribution in [1.82, 2.24) is 10.2 Å². The van der Waals surface area contributed by atoms with Crippen LogP contribution < -0.4 is 5.32 Å². The Labute approximate surface area is 149 Å². The van der Waals surface area contributed by atoms with Crippen LogP contribution in [0.1, 0.15) is 48.2 Å². The first-order valence-electron chi connectivity index (χ1n) is 9.29. The Hall–Kier alpha value is -1.85. The third-order valence-electron chi connectivity index (χ3n) is 4.83. The Kier molecular flexibility index (Phi) is 6.48. The van der Waals surface area contributed by atoms with E-state index in [0.717, 1.165) is 29.5 Å². The summed E-state index contributed by atoms with van der Waals surface area (Å²) < 4.78 is 11.0. The first-order valence-corrected chi connectivity index (χ1v) is 9.29. The SMILES string of the molecule is COCc1c(C(=O)NCCCN2CCCCCC2)oc2ccccc12. The molecule has 0 atom stereocenters. The van der Waals surface area contributed by atoms with Gasteiger partial charge in [-0.25, -0.2) is 0 Å². The van der Waals surface area contributed by atoms with Crippen molar-refractivity contribution in [2.45, 2.75) is 38.7 Å². The van der Waals surface area contributed by atoms with Crippen molar-refractivity contribution in [3.05, 3.63) is 35.6 Å². The van der Waals surface area contributed by atoms with Crippen molar-refractivity contribution in [1.29, 1.82) is 0 Å². The van der Waals surface area contributed by atoms with Gasteiger partial charge in [-0.05, 0) is 45.0 Å². The minimum Gasteiger partial charge on any atom is -0.451 e. The van der Waals surface area contributed by atoms with E-state index < -0.39 is 0 Å². The van der Waals surface area contributed by atoms with E-state index in [9.17, 15) is 4.79 Å². The molecule has 1 amide bonds. The second-order valence-corrected chi connectivity index (χ2v) is 6.70. The van der Waals surface area contributed by atoms with Crippen molar-refractivity contribution in [2.24, 2.45) is 0 Å². The Balaban J connectivity index is 1.55. The number of benzene rings is 1. The molecule has 0 bridgehead atoms. The molecule has 1 N–H and O–H groups in total. The highest BCUT2D eigenvalue weighted by molar-refractivity contribution is 5.99. The molecule has 0 aliphatic carbocycles. The van der Waals surface area contributed by atoms with E-state index in [4.69, 9.17) is 9.15 Å². The summed E-state index contributed by atoms with van der Waals surface area (Å²) in [7, 11) is 1.63. The topological polar surface area (TPSA) is 54.7 Å². The number of nitrogens with zero attached hydrogens (tertiary/aromatic N) is 1. The van der Waals surface area contributed by atoms with Gasteiger partial charge in [0.05, 0.1) is 6.61 Å². The zero-order valence-corrected chi connectivity index (χ0v) is 15.1. The number of carbonyl (C=O) groups excluding carboxylic acids is 1. The van der Waals surface area contributed by atoms with Gasteiger partial charge >= 0.3 is 0 Å². The Morgan fingerprint density at radius 1 is 1.20 bits per heavy atom. The highest BCUT2D eigenvalue weighted by Gasteiger charge is 2.20. The number of carbonyl (C=O) groups is 1. The first-order chi connectivity index (χ1) is 12.3. The predicted molar refractivity (Wildman–Crippen MR) is 98.8 cm³/mol. The molecule has 5 nitrogen and oxygen atoms in total. The van der Waals surface area contributed by atoms with Crippen LogP contribution in [-0.2, 0) is 11.3 Å². The number of fused-ring (bicyclic) bond motifs is 1. The first kappa shape index (κ1) is 18.0. The standard InChI is InChI=1S/C20H28N2O3/c1-24-15-17-16-9-4-5-10-18(16)25-19(17)20(23)21-11-8-14-22-12-6-2-3-7-13-22/h4-5,9-10H,2-3,6-8,11-15H2,1H3,(H,21,23). The number of ether oxygens (including phenoxy) is 1. The molecule has 0 unspecified atom stereocenters. The minimum absolute atomic E-state index is 0.154. The van der Waals surface area contributed by atoms with Crippen LogP contribution >= 0.6 is 0 Å². The molecule has 136 valence electrons. The number of nitrogens with one attached hydrogen (secondary N) is 1. The number of amides is 1. The molecule has 2 heterocycles. The van der Waals surface area contributed by atoms with Crippen LogP contribution in [0.4, 0.5) is 0 Å². The molecule has 1 aromatic carbocycles. The molecule has 25 heavy (non-hydrogen) atoms. The third-order valence-corrected chi connectivity index (χ3v) is 4.83. The van der Waals surface area contributed by atoms with Gasteiger partial charge < -0.3 is 19.4 Å². The van der Waals surface area contributed by atoms with Crippen LogP contribution in [0.5, 0.6) is 0 Å². The van der Waals surface area contributed by atoms with E-state index in [-0.39, 0.29) is 5.91 Å². The second kappa shape index (κ2) is 9.02. The van der Waals surface area contributed by atoms with Crippen molar-refractivity contribution < 1.29 is 13.9 Å². The molecule has 1 saturated heterocycles. The number of hydrogen-bond acceptors (Lipinski definition) is 4. The maximum atomic E-state index is 12.5. The van der Waals surface area contributed by atoms with Crippen molar-refractivity contribution in [3.8, 4) is 0 Å². The van der Waals surface area contributed by atoms with Gasteiger partial charge in [-0.15, -0.1) is 0 Å². The monoisotopic (exact) mass is 344 g/mol. The van der Waals surface area contributed by atoms with E-state index in [2.05, 4.69) is 10.2 Å². The number of hydrogen-bond donors (Lipinski definition) is 1. The van der Waals surface area contributed by atoms with E-state index in [1.54, 1.807) is 7.11 Å². The Morgan fingerprint density at radius 3 is 2.72 bits per heavy atom. The van der Waals surface area contributed by atoms with E-state index >= 15 is 0 Å². The number of methoxy groups -OCH3 is 1. The van der Waals surface area contributed by atoms with Gasteiger partial charge in [0, 0.05) is 24.6 Å². The highest BCUT2D eigenvalue weighted by Crippen LogP contribution is 2.26. The summed E-state index contributed by atoms with van der Waals surface area (Å²) in [5.74, 6) is 0.219. The Morgan fingerprint density at radius 2 is 1.96 bits per heavy atom. The molecule has 0 saturated carbocycles. The normalized spacial score (nSPS) is 16.0. The largest absolute Gasteiger partial charge is 0.451 e. The molecule has 5 heteroatoms. The molecule has 0 radical (unpaired) electrons. The maximum absolute atomic E-state index is 12.5. The molecule has 2 aromatic rings. The second-order valence-electron chi connectivity index (χ2n) is 6.70. The lowest BCUT2D eigenvalue weighted by Crippen LogP contribution is -2.30. The number of furan rings is 1. The fourth-order valence-electron chi connectivity index (χ4n) is 3.51. The molecule has 1 aromatic heterocycles. The third kappa shape index (κ3) is 4.61. The van der Waals surface area contributed by atoms with Crippen molar-refractivity contribution in [3.63, 3.8) is 0 Å². The summed E-state index contributed by atoms with van der Waals surface area (Å²) in [5.41, 5.74) is 1.55. The number of para-hydroxylation sites is 1. The zero-order chi connectivity index (χ0) is 17.5. The van der Waals surface area contributed by atoms with Gasteiger partial charge in [0.25, 0.3) is 5.91 Å². The summed E-state index contributed by atoms with van der Waals surface area (Å²) in [6.07, 6.45) is 6.26. The smallest absolute Gasteiger partial charge is 0.287 e. The fourth-order valence-corrected chi connectivity index (χ4v) is 3.51. The molecule has 1 aliphatic heterocycles. The summed E-state index contributed by atoms with van der Waals surface area (Å²) in [6.45, 7) is 4.46. The van der Waals surface area contributed by atoms with E-state index in [0.29, 0.717) is 18.9 Å². The molecule has 1 fully saturated rings. The average molecular weight is 344 g/mol. The highest BCUT2D eigenvalue weighted by atomic mass is 16.5. The summed E-state index contributed by atoms with van der Waals surface area (Å²) >= 11 is 0. The van der Waals surface area contributed by atoms with Crippen LogP contribution in [-0.4, -0.2) is 44.1 Å². The van der Waals surface area contributed by atoms with Gasteiger partial charge in [0.2, 0.25) is 0 Å². The maximum Gasteiger partial charge on any atom is 0.287 e. The summed E-state index contributed by atoms with van der Waals surface area (Å²) in [5, 5.41) is 3.94. The molecular formula is C20H28N2O3. The predicted octanol–water partition coefficient (Wildman–Crippen LogP) is 3.58. The molecular weight excluding hydrogens is 316 g/mol. The van der Waals surface area contributed by atoms with E-state index in [1.807, 2.05) is 24.3 Å². The molecule has 3 rings (SSSR count). The molecule has 0 spiro atoms. The van der Waals surface area contributed by atoms with E-state index in [1.165, 1.54) is 38.8 Å². The minimum atomic E-state index is -0.154. The zero-order valence-electron chi connectivity index (χ0n) is 15.1. The average Bonchev–Trinajstić information content (AvgIpc) is 2.80. The quantitative estimate of drug-likeness (QED) is 0.780. The number of likely N-dealkylation sites (tertiary alicyclic amines) is 1. The summed E-state index contributed by atoms with van der Waals surface area (Å²) in [6, 6.07) is 7.69. The van der Waals surface area contributed by atoms with Crippen LogP contribution in [0.3, 0.4) is 0 Å². The van der Waals surface area contributed by atoms with Crippen LogP contribution in [0.25, 0.3) is 11.0 Å². The lowest BCUT2D eigenvalue weighted by molar-refractivity contribution is 0.0919. The lowest BCUT2D eigenvalue weighted by atomic mass is 10.1. The number of rotatable bonds is 7. The van der Waals surface area contributed by atoms with Gasteiger partial charge in [0.15, 0.2) is 5.76 Å². The van der Waals surface area contributed by atoms with Crippen LogP contribution in [0.2, 0.25) is 0 Å². The molecule has 1 aliphatic rings. The van der Waals surface area contributed by atoms with Crippen LogP contribution in [0, 0.1) is 0 Å². The van der Waals surface area contributed by atoms with Gasteiger partial charge in [-0.1, -0.05) is 31.0 Å². The van der Waals surface area contributed by atoms with Crippen molar-refractivity contribution in [2.75, 3.05) is 33.3 Å². The van der Waals surface area contributed by atoms with Gasteiger partial charge in [-0.2, -0.15) is 0 Å². The van der Waals surface area contributed by atoms with Gasteiger partial charge in [-0.3, -0.25) is 4.79 Å². The fraction of sp³-hybridized carbons (Fsp3) is 0.550. The van der Waals surface area contributed by atoms with Crippen LogP contribution in [0.15, 0.2) is 28.7 Å². The summed E-state index contributed by atoms with van der Waals surface area (Å²) in [4.78, 5) is 15.1. The van der Waals surface area contributed by atoms with Crippen molar-refractivity contribution >= 4 is 16.9 Å². The Bertz CT molecular complexity index is 687. The van der Waals surface area contributed by atoms with Gasteiger partial charge in [0.1, 0.15) is 5.58 Å².